The molecule has 22 heavy (non-hydrogen) atoms. The van der Waals surface area contributed by atoms with Crippen LogP contribution in [0, 0.1) is 16.7 Å². The van der Waals surface area contributed by atoms with E-state index in [1.165, 1.54) is 6.42 Å². The fourth-order valence-corrected chi connectivity index (χ4v) is 5.52. The lowest BCUT2D eigenvalue weighted by Crippen LogP contribution is -2.55. The van der Waals surface area contributed by atoms with E-state index in [2.05, 4.69) is 34.3 Å². The highest BCUT2D eigenvalue weighted by Crippen LogP contribution is 2.62. The van der Waals surface area contributed by atoms with Gasteiger partial charge >= 0.3 is 0 Å². The predicted octanol–water partition coefficient (Wildman–Crippen LogP) is 4.37. The fourth-order valence-electron chi connectivity index (χ4n) is 5.52. The molecule has 3 aliphatic rings. The molecule has 0 aliphatic heterocycles. The molecule has 0 radical (unpaired) electrons. The topological polar surface area (TPSA) is 40.5 Å². The Morgan fingerprint density at radius 1 is 1.14 bits per heavy atom. The van der Waals surface area contributed by atoms with Gasteiger partial charge in [0.2, 0.25) is 0 Å². The number of aliphatic hydroxyl groups excluding tert-OH is 1. The molecule has 2 heteroatoms. The molecule has 0 heterocycles. The van der Waals surface area contributed by atoms with Crippen LogP contribution in [0.2, 0.25) is 0 Å². The van der Waals surface area contributed by atoms with Crippen molar-refractivity contribution in [2.45, 2.75) is 84.3 Å². The minimum Gasteiger partial charge on any atom is -0.389 e. The minimum absolute atomic E-state index is 0.0755. The van der Waals surface area contributed by atoms with Crippen molar-refractivity contribution in [1.29, 1.82) is 0 Å². The molecule has 2 saturated carbocycles. The van der Waals surface area contributed by atoms with Crippen LogP contribution >= 0.6 is 0 Å². The summed E-state index contributed by atoms with van der Waals surface area (Å²) in [4.78, 5) is 0. The summed E-state index contributed by atoms with van der Waals surface area (Å²) >= 11 is 0. The van der Waals surface area contributed by atoms with E-state index in [0.29, 0.717) is 11.5 Å². The Labute approximate surface area is 135 Å². The first-order chi connectivity index (χ1) is 10.1. The number of rotatable bonds is 1. The van der Waals surface area contributed by atoms with E-state index in [0.717, 1.165) is 38.5 Å². The Hall–Kier alpha value is -0.600. The smallest absolute Gasteiger partial charge is 0.0940 e. The minimum atomic E-state index is -0.923. The molecule has 3 rings (SSSR count). The molecule has 0 bridgehead atoms. The van der Waals surface area contributed by atoms with E-state index in [1.807, 2.05) is 0 Å². The Morgan fingerprint density at radius 3 is 2.45 bits per heavy atom. The molecule has 2 N–H and O–H groups in total. The van der Waals surface area contributed by atoms with E-state index in [4.69, 9.17) is 0 Å². The van der Waals surface area contributed by atoms with Crippen molar-refractivity contribution in [3.63, 3.8) is 0 Å². The summed E-state index contributed by atoms with van der Waals surface area (Å²) < 4.78 is 0. The first-order valence-electron chi connectivity index (χ1n) is 8.95. The lowest BCUT2D eigenvalue weighted by Gasteiger charge is -2.52. The quantitative estimate of drug-likeness (QED) is 0.706. The zero-order chi connectivity index (χ0) is 16.3. The van der Waals surface area contributed by atoms with E-state index in [9.17, 15) is 10.2 Å². The molecule has 0 spiro atoms. The van der Waals surface area contributed by atoms with Gasteiger partial charge in [-0.2, -0.15) is 0 Å². The lowest BCUT2D eigenvalue weighted by atomic mass is 9.57. The SMILES string of the molecule is C=C1[C@@H](O)CC[C@@]2(C)CCC3=C(C(C)C)CC[C@]3(C)C[C@]12O. The van der Waals surface area contributed by atoms with Crippen LogP contribution in [-0.4, -0.2) is 21.9 Å². The van der Waals surface area contributed by atoms with E-state index < -0.39 is 11.7 Å². The van der Waals surface area contributed by atoms with Crippen LogP contribution in [-0.2, 0) is 0 Å². The average molecular weight is 304 g/mol. The standard InChI is InChI=1S/C20H32O2/c1-13(2)15-6-9-18(4)12-20(22)14(3)17(21)8-11-19(20,5)10-7-16(15)18/h13,17,21-22H,3,6-12H2,1-2,4-5H3/t17-,18+,19+,20-/m0/s1. The molecule has 0 saturated heterocycles. The monoisotopic (exact) mass is 304 g/mol. The van der Waals surface area contributed by atoms with Gasteiger partial charge in [0.1, 0.15) is 0 Å². The highest BCUT2D eigenvalue weighted by molar-refractivity contribution is 5.36. The molecule has 124 valence electrons. The van der Waals surface area contributed by atoms with Crippen molar-refractivity contribution in [3.05, 3.63) is 23.3 Å². The first kappa shape index (κ1) is 16.3. The van der Waals surface area contributed by atoms with Gasteiger partial charge in [-0.3, -0.25) is 0 Å². The highest BCUT2D eigenvalue weighted by Gasteiger charge is 2.58. The lowest BCUT2D eigenvalue weighted by molar-refractivity contribution is -0.105. The molecule has 2 nitrogen and oxygen atoms in total. The third-order valence-electron chi connectivity index (χ3n) is 7.23. The van der Waals surface area contributed by atoms with Gasteiger partial charge in [0.05, 0.1) is 11.7 Å². The van der Waals surface area contributed by atoms with Crippen molar-refractivity contribution in [1.82, 2.24) is 0 Å². The first-order valence-corrected chi connectivity index (χ1v) is 8.95. The Bertz CT molecular complexity index is 532. The van der Waals surface area contributed by atoms with Crippen molar-refractivity contribution in [2.75, 3.05) is 0 Å². The Morgan fingerprint density at radius 2 is 1.82 bits per heavy atom. The summed E-state index contributed by atoms with van der Waals surface area (Å²) in [6.45, 7) is 13.3. The van der Waals surface area contributed by atoms with Crippen LogP contribution in [0.1, 0.15) is 72.6 Å². The normalized spacial score (nSPS) is 45.8. The maximum Gasteiger partial charge on any atom is 0.0940 e. The van der Waals surface area contributed by atoms with Gasteiger partial charge in [-0.25, -0.2) is 0 Å². The number of fused-ring (bicyclic) bond motifs is 2. The molecular formula is C20H32O2. The largest absolute Gasteiger partial charge is 0.389 e. The predicted molar refractivity (Wildman–Crippen MR) is 90.5 cm³/mol. The number of aliphatic hydroxyl groups is 2. The van der Waals surface area contributed by atoms with Crippen LogP contribution in [0.3, 0.4) is 0 Å². The molecule has 0 aromatic carbocycles. The third kappa shape index (κ3) is 2.06. The van der Waals surface area contributed by atoms with Gasteiger partial charge in [-0.15, -0.1) is 0 Å². The molecule has 3 aliphatic carbocycles. The van der Waals surface area contributed by atoms with Gasteiger partial charge in [0.15, 0.2) is 0 Å². The Kier molecular flexibility index (Phi) is 3.66. The molecule has 0 aromatic rings. The summed E-state index contributed by atoms with van der Waals surface area (Å²) in [5.74, 6) is 0.605. The molecule has 0 unspecified atom stereocenters. The average Bonchev–Trinajstić information content (AvgIpc) is 2.72. The number of hydrogen-bond acceptors (Lipinski definition) is 2. The van der Waals surface area contributed by atoms with Crippen LogP contribution in [0.4, 0.5) is 0 Å². The summed E-state index contributed by atoms with van der Waals surface area (Å²) in [7, 11) is 0. The second-order valence-electron chi connectivity index (χ2n) is 8.90. The third-order valence-corrected chi connectivity index (χ3v) is 7.23. The Balaban J connectivity index is 2.07. The van der Waals surface area contributed by atoms with Gasteiger partial charge in [0, 0.05) is 5.41 Å². The van der Waals surface area contributed by atoms with E-state index >= 15 is 0 Å². The van der Waals surface area contributed by atoms with Crippen molar-refractivity contribution in [3.8, 4) is 0 Å². The molecular weight excluding hydrogens is 272 g/mol. The van der Waals surface area contributed by atoms with Crippen LogP contribution in [0.5, 0.6) is 0 Å². The number of allylic oxidation sites excluding steroid dienone is 2. The van der Waals surface area contributed by atoms with Crippen LogP contribution in [0.15, 0.2) is 23.3 Å². The van der Waals surface area contributed by atoms with Crippen molar-refractivity contribution in [2.24, 2.45) is 16.7 Å². The maximum absolute atomic E-state index is 11.6. The fraction of sp³-hybridized carbons (Fsp3) is 0.800. The highest BCUT2D eigenvalue weighted by atomic mass is 16.3. The maximum atomic E-state index is 11.6. The van der Waals surface area contributed by atoms with Crippen molar-refractivity contribution >= 4 is 0 Å². The van der Waals surface area contributed by atoms with E-state index in [-0.39, 0.29) is 10.8 Å². The number of hydrogen-bond donors (Lipinski definition) is 2. The molecule has 4 atom stereocenters. The molecule has 0 aromatic heterocycles. The van der Waals surface area contributed by atoms with Gasteiger partial charge in [0.25, 0.3) is 0 Å². The summed E-state index contributed by atoms with van der Waals surface area (Å²) in [5.41, 5.74) is 2.90. The van der Waals surface area contributed by atoms with E-state index in [1.54, 1.807) is 11.1 Å². The molecule has 0 amide bonds. The van der Waals surface area contributed by atoms with Crippen LogP contribution < -0.4 is 0 Å². The summed E-state index contributed by atoms with van der Waals surface area (Å²) in [5, 5.41) is 21.9. The summed E-state index contributed by atoms with van der Waals surface area (Å²) in [6, 6.07) is 0. The second-order valence-corrected chi connectivity index (χ2v) is 8.90. The van der Waals surface area contributed by atoms with Gasteiger partial charge < -0.3 is 10.2 Å². The zero-order valence-corrected chi connectivity index (χ0v) is 14.7. The van der Waals surface area contributed by atoms with Crippen LogP contribution in [0.25, 0.3) is 0 Å². The second kappa shape index (κ2) is 4.95. The zero-order valence-electron chi connectivity index (χ0n) is 14.7. The summed E-state index contributed by atoms with van der Waals surface area (Å²) in [6.07, 6.45) is 6.25. The van der Waals surface area contributed by atoms with Crippen molar-refractivity contribution < 1.29 is 10.2 Å². The van der Waals surface area contributed by atoms with Gasteiger partial charge in [-0.1, -0.05) is 45.4 Å². The van der Waals surface area contributed by atoms with Gasteiger partial charge in [-0.05, 0) is 61.9 Å². The molecule has 2 fully saturated rings.